The minimum Gasteiger partial charge on any atom is -0.349 e. The molecular formula is C11H15F3N4OS. The summed E-state index contributed by atoms with van der Waals surface area (Å²) in [6.45, 7) is 3.02. The van der Waals surface area contributed by atoms with E-state index in [0.717, 1.165) is 19.3 Å². The summed E-state index contributed by atoms with van der Waals surface area (Å²) in [4.78, 5) is 17.2. The van der Waals surface area contributed by atoms with Crippen LogP contribution >= 0.6 is 11.5 Å². The Kier molecular flexibility index (Phi) is 4.46. The van der Waals surface area contributed by atoms with Crippen LogP contribution < -0.4 is 5.32 Å². The van der Waals surface area contributed by atoms with Gasteiger partial charge in [0.25, 0.3) is 0 Å². The molecule has 1 aliphatic rings. The molecule has 0 aromatic carbocycles. The molecule has 1 unspecified atom stereocenters. The number of rotatable bonds is 3. The Morgan fingerprint density at radius 2 is 2.00 bits per heavy atom. The number of hydrogen-bond acceptors (Lipinski definition) is 5. The van der Waals surface area contributed by atoms with Crippen molar-refractivity contribution in [2.24, 2.45) is 0 Å². The lowest BCUT2D eigenvalue weighted by Crippen LogP contribution is -2.43. The zero-order valence-electron chi connectivity index (χ0n) is 10.9. The van der Waals surface area contributed by atoms with Gasteiger partial charge in [0.15, 0.2) is 0 Å². The first-order valence-electron chi connectivity index (χ1n) is 6.34. The van der Waals surface area contributed by atoms with Crippen LogP contribution in [-0.4, -0.2) is 39.3 Å². The van der Waals surface area contributed by atoms with Crippen molar-refractivity contribution in [1.82, 2.24) is 14.3 Å². The fraction of sp³-hybridized carbons (Fsp3) is 0.727. The Morgan fingerprint density at radius 3 is 2.55 bits per heavy atom. The van der Waals surface area contributed by atoms with Crippen LogP contribution in [0.5, 0.6) is 0 Å². The van der Waals surface area contributed by atoms with Crippen LogP contribution in [0, 0.1) is 0 Å². The van der Waals surface area contributed by atoms with E-state index in [4.69, 9.17) is 0 Å². The lowest BCUT2D eigenvalue weighted by Gasteiger charge is -2.29. The normalized spacial score (nSPS) is 17.9. The Hall–Kier alpha value is -1.38. The summed E-state index contributed by atoms with van der Waals surface area (Å²) in [6.07, 6.45) is -1.52. The van der Waals surface area contributed by atoms with Gasteiger partial charge in [-0.05, 0) is 26.2 Å². The van der Waals surface area contributed by atoms with Crippen LogP contribution in [0.2, 0.25) is 0 Å². The quantitative estimate of drug-likeness (QED) is 0.931. The van der Waals surface area contributed by atoms with Crippen molar-refractivity contribution in [3.05, 3.63) is 5.82 Å². The summed E-state index contributed by atoms with van der Waals surface area (Å²) in [7, 11) is 0. The summed E-state index contributed by atoms with van der Waals surface area (Å²) in [5, 5.41) is 2.69. The van der Waals surface area contributed by atoms with Crippen LogP contribution in [0.3, 0.4) is 0 Å². The second kappa shape index (κ2) is 5.94. The highest BCUT2D eigenvalue weighted by Crippen LogP contribution is 2.29. The highest BCUT2D eigenvalue weighted by atomic mass is 32.1. The predicted octanol–water partition coefficient (Wildman–Crippen LogP) is 2.37. The second-order valence-electron chi connectivity index (χ2n) is 4.67. The second-order valence-corrected chi connectivity index (χ2v) is 5.42. The molecule has 0 spiro atoms. The number of carbonyl (C=O) groups is 1. The Morgan fingerprint density at radius 1 is 1.35 bits per heavy atom. The number of aromatic nitrogens is 2. The van der Waals surface area contributed by atoms with E-state index in [0.29, 0.717) is 24.6 Å². The molecule has 1 aliphatic heterocycles. The lowest BCUT2D eigenvalue weighted by molar-refractivity contribution is -0.144. The van der Waals surface area contributed by atoms with Gasteiger partial charge in [-0.25, -0.2) is 0 Å². The van der Waals surface area contributed by atoms with Crippen LogP contribution in [0.15, 0.2) is 0 Å². The number of anilines is 1. The van der Waals surface area contributed by atoms with E-state index < -0.39 is 18.0 Å². The molecule has 1 N–H and O–H groups in total. The van der Waals surface area contributed by atoms with Gasteiger partial charge in [0.2, 0.25) is 16.9 Å². The first-order valence-corrected chi connectivity index (χ1v) is 7.11. The molecule has 2 heterocycles. The number of halogens is 3. The predicted molar refractivity (Wildman–Crippen MR) is 68.4 cm³/mol. The minimum absolute atomic E-state index is 0.00943. The molecule has 0 bridgehead atoms. The SMILES string of the molecule is CC(Nc1nc(C(F)(F)F)ns1)C(=O)N1CCCCC1. The zero-order chi connectivity index (χ0) is 14.8. The number of amides is 1. The maximum Gasteiger partial charge on any atom is 0.452 e. The first-order chi connectivity index (χ1) is 9.38. The molecular weight excluding hydrogens is 293 g/mol. The molecule has 1 aromatic rings. The standard InChI is InChI=1S/C11H15F3N4OS/c1-7(8(19)18-5-3-2-4-6-18)15-10-16-9(17-20-10)11(12,13)14/h7H,2-6H2,1H3,(H,15,16,17). The number of nitrogens with one attached hydrogen (secondary N) is 1. The van der Waals surface area contributed by atoms with Crippen molar-refractivity contribution in [2.75, 3.05) is 18.4 Å². The van der Waals surface area contributed by atoms with Gasteiger partial charge < -0.3 is 10.2 Å². The molecule has 5 nitrogen and oxygen atoms in total. The van der Waals surface area contributed by atoms with Crippen LogP contribution in [0.4, 0.5) is 18.3 Å². The molecule has 1 saturated heterocycles. The summed E-state index contributed by atoms with van der Waals surface area (Å²) in [5.41, 5.74) is 0. The lowest BCUT2D eigenvalue weighted by atomic mass is 10.1. The van der Waals surface area contributed by atoms with Crippen molar-refractivity contribution in [2.45, 2.75) is 38.4 Å². The van der Waals surface area contributed by atoms with Gasteiger partial charge in [-0.15, -0.1) is 0 Å². The van der Waals surface area contributed by atoms with E-state index in [9.17, 15) is 18.0 Å². The minimum atomic E-state index is -4.56. The molecule has 0 radical (unpaired) electrons. The zero-order valence-corrected chi connectivity index (χ0v) is 11.7. The molecule has 1 aromatic heterocycles. The molecule has 1 atom stereocenters. The van der Waals surface area contributed by atoms with Gasteiger partial charge >= 0.3 is 6.18 Å². The molecule has 1 amide bonds. The van der Waals surface area contributed by atoms with Crippen molar-refractivity contribution in [3.63, 3.8) is 0 Å². The van der Waals surface area contributed by atoms with Gasteiger partial charge in [0.05, 0.1) is 0 Å². The monoisotopic (exact) mass is 308 g/mol. The number of nitrogens with zero attached hydrogens (tertiary/aromatic N) is 3. The van der Waals surface area contributed by atoms with E-state index in [1.165, 1.54) is 0 Å². The number of alkyl halides is 3. The third kappa shape index (κ3) is 3.59. The molecule has 2 rings (SSSR count). The van der Waals surface area contributed by atoms with Crippen molar-refractivity contribution < 1.29 is 18.0 Å². The molecule has 112 valence electrons. The molecule has 9 heteroatoms. The molecule has 0 aliphatic carbocycles. The van der Waals surface area contributed by atoms with Gasteiger partial charge in [-0.1, -0.05) is 0 Å². The molecule has 1 fully saturated rings. The number of hydrogen-bond donors (Lipinski definition) is 1. The highest BCUT2D eigenvalue weighted by molar-refractivity contribution is 7.09. The van der Waals surface area contributed by atoms with Crippen LogP contribution in [0.1, 0.15) is 32.0 Å². The highest BCUT2D eigenvalue weighted by Gasteiger charge is 2.36. The average molecular weight is 308 g/mol. The summed E-state index contributed by atoms with van der Waals surface area (Å²) in [5.74, 6) is -1.30. The first kappa shape index (κ1) is 15.0. The number of carbonyl (C=O) groups excluding carboxylic acids is 1. The smallest absolute Gasteiger partial charge is 0.349 e. The summed E-state index contributed by atoms with van der Waals surface area (Å²) in [6, 6.07) is -0.609. The van der Waals surface area contributed by atoms with Crippen molar-refractivity contribution >= 4 is 22.6 Å². The van der Waals surface area contributed by atoms with E-state index in [2.05, 4.69) is 14.7 Å². The van der Waals surface area contributed by atoms with Gasteiger partial charge in [-0.3, -0.25) is 4.79 Å². The van der Waals surface area contributed by atoms with E-state index in [1.54, 1.807) is 11.8 Å². The fourth-order valence-electron chi connectivity index (χ4n) is 2.03. The number of piperidine rings is 1. The summed E-state index contributed by atoms with van der Waals surface area (Å²) < 4.78 is 40.3. The topological polar surface area (TPSA) is 58.1 Å². The maximum atomic E-state index is 12.4. The largest absolute Gasteiger partial charge is 0.452 e. The van der Waals surface area contributed by atoms with Gasteiger partial charge in [0, 0.05) is 24.6 Å². The van der Waals surface area contributed by atoms with E-state index >= 15 is 0 Å². The molecule has 0 saturated carbocycles. The maximum absolute atomic E-state index is 12.4. The van der Waals surface area contributed by atoms with Crippen LogP contribution in [-0.2, 0) is 11.0 Å². The Bertz CT molecular complexity index is 470. The fourth-order valence-corrected chi connectivity index (χ4v) is 2.71. The summed E-state index contributed by atoms with van der Waals surface area (Å²) >= 11 is 0.606. The Labute approximate surface area is 118 Å². The Balaban J connectivity index is 1.95. The van der Waals surface area contributed by atoms with Crippen molar-refractivity contribution in [3.8, 4) is 0 Å². The van der Waals surface area contributed by atoms with E-state index in [1.807, 2.05) is 0 Å². The third-order valence-electron chi connectivity index (χ3n) is 3.06. The number of likely N-dealkylation sites (tertiary alicyclic amines) is 1. The average Bonchev–Trinajstić information content (AvgIpc) is 2.87. The van der Waals surface area contributed by atoms with Gasteiger partial charge in [-0.2, -0.15) is 22.5 Å². The third-order valence-corrected chi connectivity index (χ3v) is 3.70. The molecule has 20 heavy (non-hydrogen) atoms. The van der Waals surface area contributed by atoms with Crippen molar-refractivity contribution in [1.29, 1.82) is 0 Å². The van der Waals surface area contributed by atoms with E-state index in [-0.39, 0.29) is 11.0 Å². The van der Waals surface area contributed by atoms with Gasteiger partial charge in [0.1, 0.15) is 6.04 Å². The van der Waals surface area contributed by atoms with Crippen LogP contribution in [0.25, 0.3) is 0 Å².